The number of hydrogen-bond donors (Lipinski definition) is 0. The number of aromatic nitrogens is 2. The van der Waals surface area contributed by atoms with E-state index in [2.05, 4.69) is 5.10 Å². The Morgan fingerprint density at radius 3 is 2.77 bits per heavy atom. The van der Waals surface area contributed by atoms with E-state index in [4.69, 9.17) is 0 Å². The van der Waals surface area contributed by atoms with E-state index in [9.17, 15) is 4.79 Å². The van der Waals surface area contributed by atoms with Crippen molar-refractivity contribution in [2.75, 3.05) is 14.1 Å². The maximum Gasteiger partial charge on any atom is 0.207 e. The van der Waals surface area contributed by atoms with Gasteiger partial charge in [-0.3, -0.25) is 9.48 Å². The molecule has 0 amide bonds. The Morgan fingerprint density at radius 2 is 2.31 bits per heavy atom. The van der Waals surface area contributed by atoms with Gasteiger partial charge in [0.25, 0.3) is 0 Å². The Bertz CT molecular complexity index is 325. The molecule has 0 N–H and O–H groups in total. The third-order valence-corrected chi connectivity index (χ3v) is 1.49. The molecule has 0 aliphatic rings. The highest BCUT2D eigenvalue weighted by atomic mass is 16.1. The molecule has 0 atom stereocenters. The van der Waals surface area contributed by atoms with Crippen LogP contribution < -0.4 is 0 Å². The van der Waals surface area contributed by atoms with Gasteiger partial charge in [-0.1, -0.05) is 0 Å². The van der Waals surface area contributed by atoms with E-state index in [1.165, 1.54) is 6.08 Å². The van der Waals surface area contributed by atoms with Crippen LogP contribution in [0.4, 0.5) is 0 Å². The van der Waals surface area contributed by atoms with E-state index in [-0.39, 0.29) is 5.78 Å². The zero-order valence-electron chi connectivity index (χ0n) is 8.06. The van der Waals surface area contributed by atoms with Gasteiger partial charge in [0.2, 0.25) is 5.78 Å². The molecule has 1 aromatic rings. The molecule has 0 bridgehead atoms. The summed E-state index contributed by atoms with van der Waals surface area (Å²) in [5.41, 5.74) is 0.473. The normalized spacial score (nSPS) is 10.7. The van der Waals surface area contributed by atoms with E-state index in [0.29, 0.717) is 5.69 Å². The van der Waals surface area contributed by atoms with Crippen molar-refractivity contribution < 1.29 is 4.79 Å². The van der Waals surface area contributed by atoms with Crippen LogP contribution in [0.3, 0.4) is 0 Å². The van der Waals surface area contributed by atoms with E-state index in [0.717, 1.165) is 0 Å². The fourth-order valence-electron chi connectivity index (χ4n) is 0.849. The van der Waals surface area contributed by atoms with Crippen molar-refractivity contribution in [3.8, 4) is 0 Å². The van der Waals surface area contributed by atoms with Crippen molar-refractivity contribution in [3.63, 3.8) is 0 Å². The molecular formula is C9H13N3O. The van der Waals surface area contributed by atoms with E-state index in [1.807, 2.05) is 14.1 Å². The van der Waals surface area contributed by atoms with Crippen molar-refractivity contribution in [2.45, 2.75) is 0 Å². The first-order valence-electron chi connectivity index (χ1n) is 3.98. The standard InChI is InChI=1S/C9H13N3O/c1-11(2)6-5-9(13)8-4-7-12(3)10-8/h4-7H,1-3H3/b6-5+. The first-order chi connectivity index (χ1) is 6.09. The Kier molecular flexibility index (Phi) is 2.84. The van der Waals surface area contributed by atoms with Gasteiger partial charge < -0.3 is 4.90 Å². The van der Waals surface area contributed by atoms with Crippen LogP contribution in [0.5, 0.6) is 0 Å². The number of ketones is 1. The van der Waals surface area contributed by atoms with Gasteiger partial charge in [-0.2, -0.15) is 5.10 Å². The summed E-state index contributed by atoms with van der Waals surface area (Å²) in [6, 6.07) is 1.70. The first-order valence-corrected chi connectivity index (χ1v) is 3.98. The fraction of sp³-hybridized carbons (Fsp3) is 0.333. The zero-order chi connectivity index (χ0) is 9.84. The largest absolute Gasteiger partial charge is 0.383 e. The van der Waals surface area contributed by atoms with Crippen molar-refractivity contribution in [2.24, 2.45) is 7.05 Å². The summed E-state index contributed by atoms with van der Waals surface area (Å²) in [4.78, 5) is 13.2. The van der Waals surface area contributed by atoms with Crippen molar-refractivity contribution in [3.05, 3.63) is 30.2 Å². The Balaban J connectivity index is 2.69. The molecule has 0 fully saturated rings. The van der Waals surface area contributed by atoms with Gasteiger partial charge in [0.15, 0.2) is 0 Å². The smallest absolute Gasteiger partial charge is 0.207 e. The number of carbonyl (C=O) groups is 1. The molecular weight excluding hydrogens is 166 g/mol. The van der Waals surface area contributed by atoms with Crippen LogP contribution in [0.2, 0.25) is 0 Å². The minimum atomic E-state index is -0.0747. The van der Waals surface area contributed by atoms with Crippen molar-refractivity contribution in [1.82, 2.24) is 14.7 Å². The quantitative estimate of drug-likeness (QED) is 0.506. The summed E-state index contributed by atoms with van der Waals surface area (Å²) in [7, 11) is 5.51. The Labute approximate surface area is 77.5 Å². The lowest BCUT2D eigenvalue weighted by atomic mass is 10.3. The highest BCUT2D eigenvalue weighted by Gasteiger charge is 2.03. The topological polar surface area (TPSA) is 38.1 Å². The van der Waals surface area contributed by atoms with E-state index < -0.39 is 0 Å². The number of aryl methyl sites for hydroxylation is 1. The molecule has 1 rings (SSSR count). The molecule has 0 spiro atoms. The molecule has 0 unspecified atom stereocenters. The average molecular weight is 179 g/mol. The van der Waals surface area contributed by atoms with Crippen LogP contribution in [0.25, 0.3) is 0 Å². The second-order valence-electron chi connectivity index (χ2n) is 3.02. The lowest BCUT2D eigenvalue weighted by Crippen LogP contribution is -2.03. The maximum absolute atomic E-state index is 11.4. The summed E-state index contributed by atoms with van der Waals surface area (Å²) >= 11 is 0. The lowest BCUT2D eigenvalue weighted by molar-refractivity contribution is 0.104. The molecule has 0 aromatic carbocycles. The molecule has 4 nitrogen and oxygen atoms in total. The van der Waals surface area contributed by atoms with Crippen LogP contribution >= 0.6 is 0 Å². The summed E-state index contributed by atoms with van der Waals surface area (Å²) in [6.07, 6.45) is 4.95. The summed E-state index contributed by atoms with van der Waals surface area (Å²) in [6.45, 7) is 0. The molecule has 0 radical (unpaired) electrons. The van der Waals surface area contributed by atoms with Crippen LogP contribution in [0.1, 0.15) is 10.5 Å². The predicted molar refractivity (Wildman–Crippen MR) is 50.4 cm³/mol. The average Bonchev–Trinajstić information content (AvgIpc) is 2.47. The number of hydrogen-bond acceptors (Lipinski definition) is 3. The highest BCUT2D eigenvalue weighted by Crippen LogP contribution is 1.97. The molecule has 1 aromatic heterocycles. The molecule has 70 valence electrons. The Hall–Kier alpha value is -1.58. The van der Waals surface area contributed by atoms with E-state index in [1.54, 1.807) is 35.1 Å². The highest BCUT2D eigenvalue weighted by molar-refractivity contribution is 6.02. The van der Waals surface area contributed by atoms with E-state index >= 15 is 0 Å². The summed E-state index contributed by atoms with van der Waals surface area (Å²) in [5, 5.41) is 3.99. The minimum Gasteiger partial charge on any atom is -0.383 e. The number of carbonyl (C=O) groups excluding carboxylic acids is 1. The molecule has 0 aliphatic carbocycles. The zero-order valence-corrected chi connectivity index (χ0v) is 8.06. The molecule has 4 heteroatoms. The fourth-order valence-corrected chi connectivity index (χ4v) is 0.849. The van der Waals surface area contributed by atoms with Gasteiger partial charge in [-0.15, -0.1) is 0 Å². The monoisotopic (exact) mass is 179 g/mol. The molecule has 0 aliphatic heterocycles. The van der Waals surface area contributed by atoms with Crippen molar-refractivity contribution in [1.29, 1.82) is 0 Å². The van der Waals surface area contributed by atoms with Crippen LogP contribution in [-0.2, 0) is 7.05 Å². The van der Waals surface area contributed by atoms with Gasteiger partial charge in [-0.05, 0) is 6.07 Å². The van der Waals surface area contributed by atoms with Gasteiger partial charge in [0, 0.05) is 39.6 Å². The van der Waals surface area contributed by atoms with Gasteiger partial charge >= 0.3 is 0 Å². The van der Waals surface area contributed by atoms with Gasteiger partial charge in [0.05, 0.1) is 0 Å². The van der Waals surface area contributed by atoms with Crippen molar-refractivity contribution >= 4 is 5.78 Å². The van der Waals surface area contributed by atoms with Crippen LogP contribution in [0, 0.1) is 0 Å². The second-order valence-corrected chi connectivity index (χ2v) is 3.02. The number of rotatable bonds is 3. The molecule has 0 saturated carbocycles. The molecule has 1 heterocycles. The second kappa shape index (κ2) is 3.89. The minimum absolute atomic E-state index is 0.0747. The van der Waals surface area contributed by atoms with Gasteiger partial charge in [0.1, 0.15) is 5.69 Å². The SMILES string of the molecule is CN(C)/C=C/C(=O)c1ccn(C)n1. The predicted octanol–water partition coefficient (Wildman–Crippen LogP) is 0.678. The van der Waals surface area contributed by atoms with Crippen LogP contribution in [0.15, 0.2) is 24.5 Å². The maximum atomic E-state index is 11.4. The molecule has 0 saturated heterocycles. The Morgan fingerprint density at radius 1 is 1.62 bits per heavy atom. The molecule has 13 heavy (non-hydrogen) atoms. The summed E-state index contributed by atoms with van der Waals surface area (Å²) in [5.74, 6) is -0.0747. The number of nitrogens with zero attached hydrogens (tertiary/aromatic N) is 3. The lowest BCUT2D eigenvalue weighted by Gasteiger charge is -2.01. The first kappa shape index (κ1) is 9.51. The number of allylic oxidation sites excluding steroid dienone is 1. The van der Waals surface area contributed by atoms with Crippen LogP contribution in [-0.4, -0.2) is 34.6 Å². The third kappa shape index (κ3) is 2.74. The summed E-state index contributed by atoms with van der Waals surface area (Å²) < 4.78 is 1.61. The van der Waals surface area contributed by atoms with Gasteiger partial charge in [-0.25, -0.2) is 0 Å². The third-order valence-electron chi connectivity index (χ3n) is 1.49.